The summed E-state index contributed by atoms with van der Waals surface area (Å²) in [5.41, 5.74) is 0.697. The van der Waals surface area contributed by atoms with E-state index in [0.29, 0.717) is 11.3 Å². The second-order valence-corrected chi connectivity index (χ2v) is 3.53. The molecule has 0 fully saturated rings. The van der Waals surface area contributed by atoms with Crippen molar-refractivity contribution in [3.63, 3.8) is 0 Å². The number of carbonyl (C=O) groups is 1. The summed E-state index contributed by atoms with van der Waals surface area (Å²) in [6.45, 7) is 0.360. The zero-order valence-corrected chi connectivity index (χ0v) is 10.2. The second kappa shape index (κ2) is 6.32. The van der Waals surface area contributed by atoms with E-state index in [2.05, 4.69) is 5.32 Å². The molecule has 17 heavy (non-hydrogen) atoms. The smallest absolute Gasteiger partial charge is 0.179 e. The first-order valence-electron chi connectivity index (χ1n) is 5.17. The van der Waals surface area contributed by atoms with Gasteiger partial charge in [0.15, 0.2) is 5.78 Å². The lowest BCUT2D eigenvalue weighted by Gasteiger charge is -2.10. The molecule has 94 valence electrons. The van der Waals surface area contributed by atoms with E-state index in [4.69, 9.17) is 9.47 Å². The molecule has 0 aromatic heterocycles. The molecule has 0 aliphatic heterocycles. The number of Topliss-reactive ketones (excluding diaryl/α,β-unsaturated/α-hetero) is 1. The number of likely N-dealkylation sites (N-methyl/N-ethyl adjacent to an activating group) is 1. The minimum Gasteiger partial charge on any atom is -0.496 e. The summed E-state index contributed by atoms with van der Waals surface area (Å²) >= 11 is 0. The van der Waals surface area contributed by atoms with Crippen LogP contribution < -0.4 is 10.1 Å². The first-order valence-corrected chi connectivity index (χ1v) is 5.17. The summed E-state index contributed by atoms with van der Waals surface area (Å²) in [6.07, 6.45) is 0. The van der Waals surface area contributed by atoms with Gasteiger partial charge in [-0.1, -0.05) is 0 Å². The summed E-state index contributed by atoms with van der Waals surface area (Å²) in [5, 5.41) is 2.69. The van der Waals surface area contributed by atoms with E-state index < -0.39 is 5.82 Å². The van der Waals surface area contributed by atoms with Crippen molar-refractivity contribution in [1.82, 2.24) is 5.32 Å². The summed E-state index contributed by atoms with van der Waals surface area (Å²) in [5.74, 6) is -0.502. The number of hydrogen-bond acceptors (Lipinski definition) is 4. The monoisotopic (exact) mass is 241 g/mol. The molecule has 0 unspecified atom stereocenters. The van der Waals surface area contributed by atoms with Crippen LogP contribution in [0.15, 0.2) is 12.1 Å². The molecule has 0 spiro atoms. The first-order chi connectivity index (χ1) is 8.13. The number of carbonyl (C=O) groups excluding carboxylic acids is 1. The third kappa shape index (κ3) is 3.25. The van der Waals surface area contributed by atoms with Crippen molar-refractivity contribution in [2.24, 2.45) is 0 Å². The maximum absolute atomic E-state index is 13.7. The number of methoxy groups -OCH3 is 2. The van der Waals surface area contributed by atoms with Crippen LogP contribution in [0.4, 0.5) is 4.39 Å². The Morgan fingerprint density at radius 2 is 2.12 bits per heavy atom. The molecule has 0 bridgehead atoms. The number of benzene rings is 1. The lowest BCUT2D eigenvalue weighted by atomic mass is 10.1. The molecule has 0 heterocycles. The predicted molar refractivity (Wildman–Crippen MR) is 61.9 cm³/mol. The zero-order chi connectivity index (χ0) is 12.8. The lowest BCUT2D eigenvalue weighted by molar-refractivity contribution is 0.0989. The fourth-order valence-electron chi connectivity index (χ4n) is 1.53. The Kier molecular flexibility index (Phi) is 5.06. The molecule has 0 saturated carbocycles. The minimum atomic E-state index is -0.582. The molecule has 0 radical (unpaired) electrons. The largest absolute Gasteiger partial charge is 0.496 e. The van der Waals surface area contributed by atoms with Gasteiger partial charge in [0.25, 0.3) is 0 Å². The standard InChI is InChI=1S/C12H16FNO3/c1-14-6-11(15)9-4-8(7-16-2)12(17-3)5-10(9)13/h4-5,14H,6-7H2,1-3H3. The van der Waals surface area contributed by atoms with Gasteiger partial charge in [0.2, 0.25) is 0 Å². The van der Waals surface area contributed by atoms with Gasteiger partial charge in [-0.3, -0.25) is 4.79 Å². The van der Waals surface area contributed by atoms with Gasteiger partial charge in [-0.25, -0.2) is 4.39 Å². The highest BCUT2D eigenvalue weighted by Crippen LogP contribution is 2.23. The van der Waals surface area contributed by atoms with Crippen LogP contribution in [0.3, 0.4) is 0 Å². The van der Waals surface area contributed by atoms with Gasteiger partial charge in [-0.2, -0.15) is 0 Å². The fourth-order valence-corrected chi connectivity index (χ4v) is 1.53. The molecule has 0 saturated heterocycles. The second-order valence-electron chi connectivity index (χ2n) is 3.53. The van der Waals surface area contributed by atoms with Crippen LogP contribution in [0, 0.1) is 5.82 Å². The highest BCUT2D eigenvalue weighted by Gasteiger charge is 2.15. The van der Waals surface area contributed by atoms with Crippen LogP contribution in [-0.4, -0.2) is 33.6 Å². The fraction of sp³-hybridized carbons (Fsp3) is 0.417. The van der Waals surface area contributed by atoms with Gasteiger partial charge >= 0.3 is 0 Å². The normalized spacial score (nSPS) is 10.4. The summed E-state index contributed by atoms with van der Waals surface area (Å²) in [4.78, 5) is 11.6. The van der Waals surface area contributed by atoms with E-state index in [1.165, 1.54) is 26.4 Å². The van der Waals surface area contributed by atoms with Crippen LogP contribution in [0.25, 0.3) is 0 Å². The van der Waals surface area contributed by atoms with Crippen molar-refractivity contribution in [2.75, 3.05) is 27.8 Å². The average molecular weight is 241 g/mol. The Labute approximate surface area is 99.7 Å². The molecule has 0 aliphatic carbocycles. The molecule has 1 aromatic carbocycles. The Morgan fingerprint density at radius 3 is 2.65 bits per heavy atom. The van der Waals surface area contributed by atoms with E-state index in [1.807, 2.05) is 0 Å². The van der Waals surface area contributed by atoms with Crippen LogP contribution >= 0.6 is 0 Å². The highest BCUT2D eigenvalue weighted by molar-refractivity contribution is 5.98. The van der Waals surface area contributed by atoms with Crippen molar-refractivity contribution in [2.45, 2.75) is 6.61 Å². The summed E-state index contributed by atoms with van der Waals surface area (Å²) in [6, 6.07) is 2.68. The Hall–Kier alpha value is -1.46. The number of hydrogen-bond donors (Lipinski definition) is 1. The topological polar surface area (TPSA) is 47.6 Å². The molecule has 4 nitrogen and oxygen atoms in total. The molecule has 0 atom stereocenters. The Bertz CT molecular complexity index is 407. The van der Waals surface area contributed by atoms with E-state index in [9.17, 15) is 9.18 Å². The summed E-state index contributed by atoms with van der Waals surface area (Å²) < 4.78 is 23.7. The molecule has 1 N–H and O–H groups in total. The SMILES string of the molecule is CNCC(=O)c1cc(COC)c(OC)cc1F. The number of halogens is 1. The molecule has 0 aliphatic rings. The van der Waals surface area contributed by atoms with Crippen LogP contribution in [0.2, 0.25) is 0 Å². The third-order valence-electron chi connectivity index (χ3n) is 2.31. The van der Waals surface area contributed by atoms with Gasteiger partial charge in [0.1, 0.15) is 11.6 Å². The number of ether oxygens (including phenoxy) is 2. The van der Waals surface area contributed by atoms with Gasteiger partial charge < -0.3 is 14.8 Å². The number of rotatable bonds is 6. The first kappa shape index (κ1) is 13.6. The Morgan fingerprint density at radius 1 is 1.41 bits per heavy atom. The predicted octanol–water partition coefficient (Wildman–Crippen LogP) is 1.38. The van der Waals surface area contributed by atoms with Gasteiger partial charge in [0, 0.05) is 18.7 Å². The zero-order valence-electron chi connectivity index (χ0n) is 10.2. The van der Waals surface area contributed by atoms with Gasteiger partial charge in [-0.15, -0.1) is 0 Å². The maximum atomic E-state index is 13.7. The van der Waals surface area contributed by atoms with Crippen LogP contribution in [0.1, 0.15) is 15.9 Å². The Balaban J connectivity index is 3.14. The van der Waals surface area contributed by atoms with E-state index in [1.54, 1.807) is 7.05 Å². The van der Waals surface area contributed by atoms with Crippen molar-refractivity contribution in [1.29, 1.82) is 0 Å². The quantitative estimate of drug-likeness (QED) is 0.764. The molecular weight excluding hydrogens is 225 g/mol. The van der Waals surface area contributed by atoms with Crippen LogP contribution in [-0.2, 0) is 11.3 Å². The van der Waals surface area contributed by atoms with Gasteiger partial charge in [-0.05, 0) is 13.1 Å². The van der Waals surface area contributed by atoms with E-state index >= 15 is 0 Å². The number of ketones is 1. The van der Waals surface area contributed by atoms with Crippen molar-refractivity contribution < 1.29 is 18.7 Å². The molecular formula is C12H16FNO3. The minimum absolute atomic E-state index is 0.0483. The van der Waals surface area contributed by atoms with E-state index in [-0.39, 0.29) is 24.5 Å². The molecule has 0 amide bonds. The molecule has 1 rings (SSSR count). The highest BCUT2D eigenvalue weighted by atomic mass is 19.1. The summed E-state index contributed by atoms with van der Waals surface area (Å²) in [7, 11) is 4.61. The van der Waals surface area contributed by atoms with Crippen molar-refractivity contribution in [3.8, 4) is 5.75 Å². The van der Waals surface area contributed by atoms with Crippen molar-refractivity contribution >= 4 is 5.78 Å². The molecule has 1 aromatic rings. The van der Waals surface area contributed by atoms with Crippen molar-refractivity contribution in [3.05, 3.63) is 29.1 Å². The average Bonchev–Trinajstić information content (AvgIpc) is 2.31. The number of nitrogens with one attached hydrogen (secondary N) is 1. The maximum Gasteiger partial charge on any atom is 0.179 e. The third-order valence-corrected chi connectivity index (χ3v) is 2.31. The van der Waals surface area contributed by atoms with E-state index in [0.717, 1.165) is 0 Å². The van der Waals surface area contributed by atoms with Gasteiger partial charge in [0.05, 0.1) is 25.8 Å². The van der Waals surface area contributed by atoms with Crippen LogP contribution in [0.5, 0.6) is 5.75 Å². The molecule has 5 heteroatoms. The lowest BCUT2D eigenvalue weighted by Crippen LogP contribution is -2.20.